The van der Waals surface area contributed by atoms with Crippen LogP contribution in [0, 0.1) is 5.82 Å². The number of fused-ring (bicyclic) bond motifs is 1. The summed E-state index contributed by atoms with van der Waals surface area (Å²) in [6, 6.07) is 13.9. The van der Waals surface area contributed by atoms with E-state index in [1.54, 1.807) is 0 Å². The zero-order chi connectivity index (χ0) is 13.9. The highest BCUT2D eigenvalue weighted by Gasteiger charge is 2.21. The highest BCUT2D eigenvalue weighted by Crippen LogP contribution is 2.29. The first-order valence-corrected chi connectivity index (χ1v) is 6.88. The number of rotatable bonds is 2. The zero-order valence-corrected chi connectivity index (χ0v) is 11.1. The van der Waals surface area contributed by atoms with Crippen molar-refractivity contribution in [2.45, 2.75) is 25.3 Å². The highest BCUT2D eigenvalue weighted by molar-refractivity contribution is 5.94. The van der Waals surface area contributed by atoms with E-state index in [1.807, 2.05) is 12.1 Å². The lowest BCUT2D eigenvalue weighted by Gasteiger charge is -2.26. The molecule has 2 nitrogen and oxygen atoms in total. The zero-order valence-electron chi connectivity index (χ0n) is 11.1. The quantitative estimate of drug-likeness (QED) is 0.886. The van der Waals surface area contributed by atoms with Gasteiger partial charge in [-0.3, -0.25) is 4.79 Å². The van der Waals surface area contributed by atoms with Gasteiger partial charge in [0, 0.05) is 5.56 Å². The highest BCUT2D eigenvalue weighted by atomic mass is 19.1. The number of hydrogen-bond donors (Lipinski definition) is 1. The molecule has 1 aliphatic carbocycles. The Kier molecular flexibility index (Phi) is 3.50. The Morgan fingerprint density at radius 2 is 1.85 bits per heavy atom. The van der Waals surface area contributed by atoms with Crippen molar-refractivity contribution in [3.8, 4) is 0 Å². The van der Waals surface area contributed by atoms with E-state index in [4.69, 9.17) is 0 Å². The van der Waals surface area contributed by atoms with E-state index in [1.165, 1.54) is 35.4 Å². The van der Waals surface area contributed by atoms with Gasteiger partial charge in [0.25, 0.3) is 5.91 Å². The molecule has 3 heteroatoms. The van der Waals surface area contributed by atoms with E-state index in [0.29, 0.717) is 5.56 Å². The van der Waals surface area contributed by atoms with Gasteiger partial charge in [0.2, 0.25) is 0 Å². The summed E-state index contributed by atoms with van der Waals surface area (Å²) in [4.78, 5) is 12.2. The van der Waals surface area contributed by atoms with Gasteiger partial charge in [-0.15, -0.1) is 0 Å². The van der Waals surface area contributed by atoms with Crippen LogP contribution < -0.4 is 5.32 Å². The van der Waals surface area contributed by atoms with E-state index < -0.39 is 0 Å². The molecule has 2 aromatic rings. The van der Waals surface area contributed by atoms with Gasteiger partial charge in [-0.1, -0.05) is 24.3 Å². The van der Waals surface area contributed by atoms with Crippen molar-refractivity contribution in [3.05, 3.63) is 71.0 Å². The van der Waals surface area contributed by atoms with Crippen molar-refractivity contribution in [1.82, 2.24) is 5.32 Å². The molecule has 1 unspecified atom stereocenters. The van der Waals surface area contributed by atoms with E-state index in [-0.39, 0.29) is 17.8 Å². The third-order valence-corrected chi connectivity index (χ3v) is 3.78. The first kappa shape index (κ1) is 12.9. The molecule has 20 heavy (non-hydrogen) atoms. The topological polar surface area (TPSA) is 29.1 Å². The van der Waals surface area contributed by atoms with Crippen LogP contribution in [0.15, 0.2) is 48.5 Å². The van der Waals surface area contributed by atoms with Crippen molar-refractivity contribution < 1.29 is 9.18 Å². The van der Waals surface area contributed by atoms with Gasteiger partial charge in [0.05, 0.1) is 6.04 Å². The summed E-state index contributed by atoms with van der Waals surface area (Å²) >= 11 is 0. The van der Waals surface area contributed by atoms with Crippen LogP contribution in [0.25, 0.3) is 0 Å². The van der Waals surface area contributed by atoms with Gasteiger partial charge >= 0.3 is 0 Å². The fourth-order valence-electron chi connectivity index (χ4n) is 2.75. The molecule has 2 aromatic carbocycles. The Morgan fingerprint density at radius 3 is 2.65 bits per heavy atom. The van der Waals surface area contributed by atoms with Crippen LogP contribution in [-0.4, -0.2) is 5.91 Å². The predicted octanol–water partition coefficient (Wildman–Crippen LogP) is 3.63. The van der Waals surface area contributed by atoms with Crippen molar-refractivity contribution in [3.63, 3.8) is 0 Å². The van der Waals surface area contributed by atoms with Gasteiger partial charge < -0.3 is 5.32 Å². The van der Waals surface area contributed by atoms with Crippen molar-refractivity contribution in [2.75, 3.05) is 0 Å². The fourth-order valence-corrected chi connectivity index (χ4v) is 2.75. The van der Waals surface area contributed by atoms with E-state index in [9.17, 15) is 9.18 Å². The van der Waals surface area contributed by atoms with Gasteiger partial charge in [0.15, 0.2) is 0 Å². The number of halogens is 1. The van der Waals surface area contributed by atoms with Crippen LogP contribution in [0.1, 0.15) is 40.4 Å². The Balaban J connectivity index is 1.79. The molecule has 0 radical (unpaired) electrons. The van der Waals surface area contributed by atoms with Crippen LogP contribution in [0.5, 0.6) is 0 Å². The maximum Gasteiger partial charge on any atom is 0.251 e. The minimum Gasteiger partial charge on any atom is -0.345 e. The second kappa shape index (κ2) is 5.45. The summed E-state index contributed by atoms with van der Waals surface area (Å²) in [5.74, 6) is -0.476. The number of benzene rings is 2. The molecule has 0 heterocycles. The second-order valence-electron chi connectivity index (χ2n) is 5.12. The largest absolute Gasteiger partial charge is 0.345 e. The molecule has 0 aromatic heterocycles. The minimum absolute atomic E-state index is 0.0532. The monoisotopic (exact) mass is 269 g/mol. The molecule has 1 atom stereocenters. The lowest BCUT2D eigenvalue weighted by atomic mass is 9.87. The van der Waals surface area contributed by atoms with Crippen LogP contribution in [-0.2, 0) is 6.42 Å². The van der Waals surface area contributed by atoms with E-state index in [0.717, 1.165) is 19.3 Å². The molecule has 102 valence electrons. The van der Waals surface area contributed by atoms with Crippen molar-refractivity contribution in [2.24, 2.45) is 0 Å². The Morgan fingerprint density at radius 1 is 1.10 bits per heavy atom. The molecular weight excluding hydrogens is 253 g/mol. The smallest absolute Gasteiger partial charge is 0.251 e. The molecular formula is C17H16FNO. The number of nitrogens with one attached hydrogen (secondary N) is 1. The lowest BCUT2D eigenvalue weighted by molar-refractivity contribution is 0.0932. The van der Waals surface area contributed by atoms with Crippen LogP contribution in [0.4, 0.5) is 4.39 Å². The Bertz CT molecular complexity index is 621. The van der Waals surface area contributed by atoms with Gasteiger partial charge in [-0.25, -0.2) is 4.39 Å². The van der Waals surface area contributed by atoms with Crippen LogP contribution in [0.2, 0.25) is 0 Å². The maximum atomic E-state index is 12.9. The average molecular weight is 269 g/mol. The third kappa shape index (κ3) is 2.57. The molecule has 1 aliphatic rings. The standard InChI is InChI=1S/C17H16FNO/c18-14-10-8-13(9-11-14)17(20)19-16-7-3-5-12-4-1-2-6-15(12)16/h1-2,4,6,8-11,16H,3,5,7H2,(H,19,20). The average Bonchev–Trinajstić information content (AvgIpc) is 2.48. The predicted molar refractivity (Wildman–Crippen MR) is 76.0 cm³/mol. The van der Waals surface area contributed by atoms with Crippen LogP contribution >= 0.6 is 0 Å². The van der Waals surface area contributed by atoms with Crippen LogP contribution in [0.3, 0.4) is 0 Å². The normalized spacial score (nSPS) is 17.4. The van der Waals surface area contributed by atoms with Gasteiger partial charge in [0.1, 0.15) is 5.82 Å². The maximum absolute atomic E-state index is 12.9. The summed E-state index contributed by atoms with van der Waals surface area (Å²) in [6.07, 6.45) is 3.09. The summed E-state index contributed by atoms with van der Waals surface area (Å²) in [5, 5.41) is 3.05. The third-order valence-electron chi connectivity index (χ3n) is 3.78. The van der Waals surface area contributed by atoms with Crippen molar-refractivity contribution in [1.29, 1.82) is 0 Å². The molecule has 0 saturated heterocycles. The molecule has 0 spiro atoms. The number of carbonyl (C=O) groups excluding carboxylic acids is 1. The fraction of sp³-hybridized carbons (Fsp3) is 0.235. The molecule has 0 fully saturated rings. The Labute approximate surface area is 117 Å². The SMILES string of the molecule is O=C(NC1CCCc2ccccc21)c1ccc(F)cc1. The van der Waals surface area contributed by atoms with Gasteiger partial charge in [-0.2, -0.15) is 0 Å². The number of aryl methyl sites for hydroxylation is 1. The first-order valence-electron chi connectivity index (χ1n) is 6.88. The second-order valence-corrected chi connectivity index (χ2v) is 5.12. The number of amides is 1. The molecule has 1 amide bonds. The molecule has 0 aliphatic heterocycles. The first-order chi connectivity index (χ1) is 9.74. The summed E-state index contributed by atoms with van der Waals surface area (Å²) in [7, 11) is 0. The summed E-state index contributed by atoms with van der Waals surface area (Å²) in [5.41, 5.74) is 3.01. The van der Waals surface area contributed by atoms with E-state index >= 15 is 0 Å². The Hall–Kier alpha value is -2.16. The molecule has 0 bridgehead atoms. The van der Waals surface area contributed by atoms with E-state index in [2.05, 4.69) is 17.4 Å². The summed E-state index contributed by atoms with van der Waals surface area (Å²) < 4.78 is 12.9. The molecule has 0 saturated carbocycles. The van der Waals surface area contributed by atoms with Gasteiger partial charge in [-0.05, 0) is 54.7 Å². The van der Waals surface area contributed by atoms with Crippen molar-refractivity contribution >= 4 is 5.91 Å². The lowest BCUT2D eigenvalue weighted by Crippen LogP contribution is -2.30. The number of carbonyl (C=O) groups is 1. The molecule has 3 rings (SSSR count). The number of hydrogen-bond acceptors (Lipinski definition) is 1. The summed E-state index contributed by atoms with van der Waals surface area (Å²) in [6.45, 7) is 0. The minimum atomic E-state index is -0.329. The molecule has 1 N–H and O–H groups in total.